The molecule has 0 saturated carbocycles. The van der Waals surface area contributed by atoms with Gasteiger partial charge in [0.1, 0.15) is 11.7 Å². The molecule has 3 saturated heterocycles. The van der Waals surface area contributed by atoms with Crippen molar-refractivity contribution in [1.82, 2.24) is 9.80 Å². The van der Waals surface area contributed by atoms with Gasteiger partial charge in [-0.2, -0.15) is 0 Å². The summed E-state index contributed by atoms with van der Waals surface area (Å²) in [5, 5.41) is 43.6. The Labute approximate surface area is 309 Å². The maximum absolute atomic E-state index is 13.6. The Morgan fingerprint density at radius 2 is 1.92 bits per heavy atom. The minimum atomic E-state index is -1.49. The highest BCUT2D eigenvalue weighted by Gasteiger charge is 2.48. The number of hydrogen-bond donors (Lipinski definition) is 4. The zero-order chi connectivity index (χ0) is 37.8. The monoisotopic (exact) mass is 726 g/mol. The van der Waals surface area contributed by atoms with Crippen LogP contribution in [-0.2, 0) is 25.5 Å². The SMILES string of the molecule is CCC(O)C(C)C1OC1CC(C)(O)CC/C=C(\C)C1OC(=O)CC(O)CCC(C)(O)C(OC(=O)N2CC3CC2CN3Cc2ccccc2)/C=C/C1C. The van der Waals surface area contributed by atoms with Crippen LogP contribution in [0.25, 0.3) is 0 Å². The standard InChI is InChI=1S/C41H62N2O9/c1-7-33(45)28(4)38-34(50-38)22-40(5,48)18-11-12-26(2)37-27(3)15-16-35(41(6,49)19-17-32(44)21-36(46)52-37)51-39(47)43-25-30-20-31(43)24-42(30)23-29-13-9-8-10-14-29/h8-10,12-16,27-28,30-35,37-38,44-45,48-49H,7,11,17-25H2,1-6H3/b16-15+,26-12+. The zero-order valence-electron chi connectivity index (χ0n) is 31.9. The number of aliphatic hydroxyl groups excluding tert-OH is 2. The van der Waals surface area contributed by atoms with Crippen molar-refractivity contribution >= 4 is 12.1 Å². The van der Waals surface area contributed by atoms with Gasteiger partial charge in [0.15, 0.2) is 6.10 Å². The highest BCUT2D eigenvalue weighted by Crippen LogP contribution is 2.39. The largest absolute Gasteiger partial charge is 0.457 e. The molecule has 4 aliphatic heterocycles. The maximum atomic E-state index is 13.6. The molecule has 0 aromatic heterocycles. The van der Waals surface area contributed by atoms with Crippen molar-refractivity contribution in [3.63, 3.8) is 0 Å². The van der Waals surface area contributed by atoms with Crippen LogP contribution in [0.1, 0.15) is 98.5 Å². The molecule has 1 amide bonds. The number of nitrogens with zero attached hydrogens (tertiary/aromatic N) is 2. The first-order chi connectivity index (χ1) is 24.6. The van der Waals surface area contributed by atoms with Gasteiger partial charge in [-0.3, -0.25) is 9.69 Å². The zero-order valence-corrected chi connectivity index (χ0v) is 31.9. The average Bonchev–Trinajstić information content (AvgIpc) is 3.54. The topological polar surface area (TPSA) is 153 Å². The van der Waals surface area contributed by atoms with Gasteiger partial charge in [0.05, 0.1) is 36.4 Å². The van der Waals surface area contributed by atoms with Crippen LogP contribution >= 0.6 is 0 Å². The lowest BCUT2D eigenvalue weighted by atomic mass is 9.88. The van der Waals surface area contributed by atoms with Crippen molar-refractivity contribution < 1.29 is 44.2 Å². The first kappa shape index (κ1) is 40.4. The second-order valence-corrected chi connectivity index (χ2v) is 16.5. The van der Waals surface area contributed by atoms with Gasteiger partial charge in [0.2, 0.25) is 0 Å². The molecule has 1 aromatic carbocycles. The molecule has 4 heterocycles. The molecule has 3 fully saturated rings. The van der Waals surface area contributed by atoms with Gasteiger partial charge in [0.25, 0.3) is 0 Å². The summed E-state index contributed by atoms with van der Waals surface area (Å²) in [4.78, 5) is 30.8. The Hall–Kier alpha value is -2.80. The number of epoxide rings is 1. The number of rotatable bonds is 12. The molecular formula is C41H62N2O9. The Balaban J connectivity index is 1.22. The predicted molar refractivity (Wildman–Crippen MR) is 197 cm³/mol. The van der Waals surface area contributed by atoms with Crippen LogP contribution in [0.15, 0.2) is 54.1 Å². The van der Waals surface area contributed by atoms with Crippen LogP contribution < -0.4 is 0 Å². The first-order valence-corrected chi connectivity index (χ1v) is 19.3. The number of aliphatic hydroxyl groups is 4. The molecule has 52 heavy (non-hydrogen) atoms. The third-order valence-corrected chi connectivity index (χ3v) is 11.8. The molecule has 12 atom stereocenters. The Morgan fingerprint density at radius 3 is 2.60 bits per heavy atom. The van der Waals surface area contributed by atoms with Crippen LogP contribution in [0.3, 0.4) is 0 Å². The molecule has 0 radical (unpaired) electrons. The second kappa shape index (κ2) is 17.1. The lowest BCUT2D eigenvalue weighted by molar-refractivity contribution is -0.151. The second-order valence-electron chi connectivity index (χ2n) is 16.5. The lowest BCUT2D eigenvalue weighted by Gasteiger charge is -2.37. The van der Waals surface area contributed by atoms with Gasteiger partial charge in [-0.05, 0) is 76.5 Å². The van der Waals surface area contributed by atoms with E-state index in [0.29, 0.717) is 32.2 Å². The summed E-state index contributed by atoms with van der Waals surface area (Å²) in [6.07, 6.45) is 4.77. The van der Waals surface area contributed by atoms with E-state index in [1.807, 2.05) is 58.0 Å². The summed E-state index contributed by atoms with van der Waals surface area (Å²) >= 11 is 0. The molecule has 4 aliphatic rings. The van der Waals surface area contributed by atoms with Gasteiger partial charge < -0.3 is 39.5 Å². The number of esters is 1. The van der Waals surface area contributed by atoms with Crippen LogP contribution in [0.4, 0.5) is 4.79 Å². The number of ether oxygens (including phenoxy) is 3. The predicted octanol–water partition coefficient (Wildman–Crippen LogP) is 4.89. The molecule has 5 rings (SSSR count). The van der Waals surface area contributed by atoms with E-state index in [1.54, 1.807) is 24.8 Å². The third kappa shape index (κ3) is 10.4. The van der Waals surface area contributed by atoms with Crippen molar-refractivity contribution in [2.75, 3.05) is 13.1 Å². The van der Waals surface area contributed by atoms with E-state index in [-0.39, 0.29) is 55.4 Å². The van der Waals surface area contributed by atoms with Crippen LogP contribution in [0.5, 0.6) is 0 Å². The average molecular weight is 727 g/mol. The normalized spacial score (nSPS) is 35.8. The minimum absolute atomic E-state index is 0.00930. The van der Waals surface area contributed by atoms with Gasteiger partial charge in [-0.25, -0.2) is 4.79 Å². The van der Waals surface area contributed by atoms with Crippen LogP contribution in [0.2, 0.25) is 0 Å². The smallest absolute Gasteiger partial charge is 0.410 e. The number of likely N-dealkylation sites (tertiary alicyclic amines) is 2. The van der Waals surface area contributed by atoms with E-state index in [0.717, 1.165) is 25.1 Å². The molecule has 1 aromatic rings. The summed E-state index contributed by atoms with van der Waals surface area (Å²) in [6, 6.07) is 10.6. The maximum Gasteiger partial charge on any atom is 0.410 e. The Bertz CT molecular complexity index is 1410. The Kier molecular flexibility index (Phi) is 13.3. The molecule has 11 heteroatoms. The quantitative estimate of drug-likeness (QED) is 0.133. The number of fused-ring (bicyclic) bond motifs is 2. The highest BCUT2D eigenvalue weighted by molar-refractivity contribution is 5.70. The van der Waals surface area contributed by atoms with Crippen molar-refractivity contribution in [3.05, 3.63) is 59.7 Å². The minimum Gasteiger partial charge on any atom is -0.457 e. The summed E-state index contributed by atoms with van der Waals surface area (Å²) in [6.45, 7) is 13.3. The molecule has 4 N–H and O–H groups in total. The van der Waals surface area contributed by atoms with Crippen molar-refractivity contribution in [3.8, 4) is 0 Å². The van der Waals surface area contributed by atoms with Crippen molar-refractivity contribution in [2.24, 2.45) is 11.8 Å². The summed E-state index contributed by atoms with van der Waals surface area (Å²) in [5.74, 6) is -0.878. The number of allylic oxidation sites excluding steroid dienone is 1. The summed E-state index contributed by atoms with van der Waals surface area (Å²) in [7, 11) is 0. The van der Waals surface area contributed by atoms with E-state index in [1.165, 1.54) is 5.56 Å². The van der Waals surface area contributed by atoms with E-state index >= 15 is 0 Å². The lowest BCUT2D eigenvalue weighted by Crippen LogP contribution is -2.51. The molecule has 0 aliphatic carbocycles. The van der Waals surface area contributed by atoms with E-state index < -0.39 is 47.7 Å². The number of piperazine rings is 1. The molecule has 11 nitrogen and oxygen atoms in total. The van der Waals surface area contributed by atoms with Crippen LogP contribution in [-0.4, -0.2) is 115 Å². The fourth-order valence-corrected chi connectivity index (χ4v) is 8.25. The fraction of sp³-hybridized carbons (Fsp3) is 0.707. The van der Waals surface area contributed by atoms with Gasteiger partial charge in [0, 0.05) is 50.0 Å². The number of carbonyl (C=O) groups excluding carboxylic acids is 2. The fourth-order valence-electron chi connectivity index (χ4n) is 8.25. The molecular weight excluding hydrogens is 664 g/mol. The molecule has 12 unspecified atom stereocenters. The van der Waals surface area contributed by atoms with E-state index in [9.17, 15) is 30.0 Å². The number of carbonyl (C=O) groups is 2. The Morgan fingerprint density at radius 1 is 1.19 bits per heavy atom. The first-order valence-electron chi connectivity index (χ1n) is 19.3. The van der Waals surface area contributed by atoms with Gasteiger partial charge >= 0.3 is 12.1 Å². The van der Waals surface area contributed by atoms with Gasteiger partial charge in [-0.15, -0.1) is 0 Å². The van der Waals surface area contributed by atoms with E-state index in [4.69, 9.17) is 14.2 Å². The van der Waals surface area contributed by atoms with Crippen molar-refractivity contribution in [2.45, 2.75) is 159 Å². The molecule has 290 valence electrons. The van der Waals surface area contributed by atoms with Crippen LogP contribution in [0, 0.1) is 11.8 Å². The number of hydrogen-bond acceptors (Lipinski definition) is 10. The number of benzene rings is 1. The highest BCUT2D eigenvalue weighted by atomic mass is 16.6. The number of cyclic esters (lactones) is 1. The van der Waals surface area contributed by atoms with Gasteiger partial charge in [-0.1, -0.05) is 63.3 Å². The van der Waals surface area contributed by atoms with E-state index in [2.05, 4.69) is 17.0 Å². The summed E-state index contributed by atoms with van der Waals surface area (Å²) in [5.41, 5.74) is -0.436. The number of amides is 1. The van der Waals surface area contributed by atoms with Crippen molar-refractivity contribution in [1.29, 1.82) is 0 Å². The summed E-state index contributed by atoms with van der Waals surface area (Å²) < 4.78 is 17.8. The molecule has 2 bridgehead atoms. The molecule has 0 spiro atoms. The third-order valence-electron chi connectivity index (χ3n) is 11.8.